The van der Waals surface area contributed by atoms with Crippen LogP contribution in [0.2, 0.25) is 0 Å². The standard InChI is InChI=1S/C22H29NO3/c1-17(2)18-8-10-21(11-9-18)26-16-22(25)23-14-12-20(13-15-24)19-6-4-3-5-7-19/h3-11,17,20,24H,12-16H2,1-2H3,(H,23,25). The summed E-state index contributed by atoms with van der Waals surface area (Å²) >= 11 is 0. The lowest BCUT2D eigenvalue weighted by atomic mass is 9.93. The minimum absolute atomic E-state index is 0.0109. The first-order valence-electron chi connectivity index (χ1n) is 9.25. The second-order valence-corrected chi connectivity index (χ2v) is 6.77. The smallest absolute Gasteiger partial charge is 0.257 e. The molecule has 2 aromatic rings. The van der Waals surface area contributed by atoms with Gasteiger partial charge in [0, 0.05) is 13.2 Å². The van der Waals surface area contributed by atoms with Crippen LogP contribution in [0.4, 0.5) is 0 Å². The summed E-state index contributed by atoms with van der Waals surface area (Å²) in [4.78, 5) is 12.0. The quantitative estimate of drug-likeness (QED) is 0.680. The minimum atomic E-state index is -0.131. The molecule has 4 heteroatoms. The van der Waals surface area contributed by atoms with Gasteiger partial charge < -0.3 is 15.2 Å². The van der Waals surface area contributed by atoms with Gasteiger partial charge in [0.1, 0.15) is 5.75 Å². The highest BCUT2D eigenvalue weighted by Gasteiger charge is 2.11. The van der Waals surface area contributed by atoms with Crippen molar-refractivity contribution < 1.29 is 14.6 Å². The molecule has 2 rings (SSSR count). The summed E-state index contributed by atoms with van der Waals surface area (Å²) in [6.45, 7) is 5.00. The summed E-state index contributed by atoms with van der Waals surface area (Å²) in [5.41, 5.74) is 2.44. The van der Waals surface area contributed by atoms with Crippen molar-refractivity contribution in [3.63, 3.8) is 0 Å². The molecule has 0 saturated carbocycles. The number of aliphatic hydroxyl groups is 1. The molecule has 26 heavy (non-hydrogen) atoms. The molecule has 0 aliphatic heterocycles. The Hall–Kier alpha value is -2.33. The first-order chi connectivity index (χ1) is 12.6. The van der Waals surface area contributed by atoms with E-state index in [-0.39, 0.29) is 25.0 Å². The predicted octanol–water partition coefficient (Wildman–Crippen LogP) is 3.86. The van der Waals surface area contributed by atoms with Crippen LogP contribution in [-0.4, -0.2) is 30.8 Å². The van der Waals surface area contributed by atoms with E-state index in [0.29, 0.717) is 24.6 Å². The molecule has 0 aliphatic carbocycles. The van der Waals surface area contributed by atoms with E-state index in [4.69, 9.17) is 4.74 Å². The Bertz CT molecular complexity index is 653. The molecule has 1 amide bonds. The van der Waals surface area contributed by atoms with Crippen LogP contribution in [0.15, 0.2) is 54.6 Å². The number of carbonyl (C=O) groups is 1. The fourth-order valence-electron chi connectivity index (χ4n) is 2.89. The van der Waals surface area contributed by atoms with Crippen molar-refractivity contribution in [1.82, 2.24) is 5.32 Å². The topological polar surface area (TPSA) is 58.6 Å². The molecule has 1 unspecified atom stereocenters. The van der Waals surface area contributed by atoms with Crippen LogP contribution in [0.1, 0.15) is 49.7 Å². The highest BCUT2D eigenvalue weighted by molar-refractivity contribution is 5.77. The van der Waals surface area contributed by atoms with Gasteiger partial charge in [0.2, 0.25) is 0 Å². The molecule has 0 bridgehead atoms. The molecule has 0 spiro atoms. The average Bonchev–Trinajstić information content (AvgIpc) is 2.66. The summed E-state index contributed by atoms with van der Waals surface area (Å²) < 4.78 is 5.54. The molecule has 140 valence electrons. The number of hydrogen-bond donors (Lipinski definition) is 2. The molecule has 2 N–H and O–H groups in total. The van der Waals surface area contributed by atoms with Crippen molar-refractivity contribution in [3.05, 3.63) is 65.7 Å². The van der Waals surface area contributed by atoms with Gasteiger partial charge in [-0.05, 0) is 47.9 Å². The number of carbonyl (C=O) groups excluding carboxylic acids is 1. The normalized spacial score (nSPS) is 12.0. The number of hydrogen-bond acceptors (Lipinski definition) is 3. The fraction of sp³-hybridized carbons (Fsp3) is 0.409. The van der Waals surface area contributed by atoms with E-state index >= 15 is 0 Å². The zero-order valence-electron chi connectivity index (χ0n) is 15.7. The highest BCUT2D eigenvalue weighted by Crippen LogP contribution is 2.22. The van der Waals surface area contributed by atoms with Gasteiger partial charge >= 0.3 is 0 Å². The van der Waals surface area contributed by atoms with Gasteiger partial charge in [-0.25, -0.2) is 0 Å². The largest absolute Gasteiger partial charge is 0.484 e. The summed E-state index contributed by atoms with van der Waals surface area (Å²) in [7, 11) is 0. The van der Waals surface area contributed by atoms with Crippen molar-refractivity contribution >= 4 is 5.91 Å². The van der Waals surface area contributed by atoms with E-state index in [0.717, 1.165) is 6.42 Å². The first kappa shape index (κ1) is 20.0. The van der Waals surface area contributed by atoms with Crippen LogP contribution in [0.5, 0.6) is 5.75 Å². The molecule has 0 fully saturated rings. The molecule has 0 aromatic heterocycles. The SMILES string of the molecule is CC(C)c1ccc(OCC(=O)NCCC(CCO)c2ccccc2)cc1. The molecule has 4 nitrogen and oxygen atoms in total. The monoisotopic (exact) mass is 355 g/mol. The molecule has 1 atom stereocenters. The van der Waals surface area contributed by atoms with Crippen LogP contribution in [-0.2, 0) is 4.79 Å². The maximum Gasteiger partial charge on any atom is 0.257 e. The molecular formula is C22H29NO3. The van der Waals surface area contributed by atoms with Crippen molar-refractivity contribution in [1.29, 1.82) is 0 Å². The Morgan fingerprint density at radius 1 is 1.00 bits per heavy atom. The van der Waals surface area contributed by atoms with Gasteiger partial charge in [-0.2, -0.15) is 0 Å². The molecule has 0 heterocycles. The minimum Gasteiger partial charge on any atom is -0.484 e. The summed E-state index contributed by atoms with van der Waals surface area (Å²) in [5, 5.41) is 12.2. The predicted molar refractivity (Wildman–Crippen MR) is 105 cm³/mol. The Morgan fingerprint density at radius 3 is 2.31 bits per heavy atom. The van der Waals surface area contributed by atoms with Gasteiger partial charge in [-0.1, -0.05) is 56.3 Å². The van der Waals surface area contributed by atoms with Gasteiger partial charge in [0.05, 0.1) is 0 Å². The molecular weight excluding hydrogens is 326 g/mol. The number of amides is 1. The van der Waals surface area contributed by atoms with E-state index in [1.807, 2.05) is 42.5 Å². The van der Waals surface area contributed by atoms with E-state index in [2.05, 4.69) is 31.3 Å². The van der Waals surface area contributed by atoms with E-state index in [9.17, 15) is 9.90 Å². The van der Waals surface area contributed by atoms with E-state index in [1.165, 1.54) is 11.1 Å². The molecule has 0 saturated heterocycles. The Morgan fingerprint density at radius 2 is 1.69 bits per heavy atom. The molecule has 0 radical (unpaired) electrons. The van der Waals surface area contributed by atoms with Crippen LogP contribution >= 0.6 is 0 Å². The maximum atomic E-state index is 12.0. The molecule has 2 aromatic carbocycles. The van der Waals surface area contributed by atoms with E-state index < -0.39 is 0 Å². The van der Waals surface area contributed by atoms with Gasteiger partial charge in [-0.15, -0.1) is 0 Å². The van der Waals surface area contributed by atoms with Crippen molar-refractivity contribution in [2.24, 2.45) is 0 Å². The lowest BCUT2D eigenvalue weighted by Crippen LogP contribution is -2.30. The third-order valence-electron chi connectivity index (χ3n) is 4.48. The third-order valence-corrected chi connectivity index (χ3v) is 4.48. The van der Waals surface area contributed by atoms with Gasteiger partial charge in [0.15, 0.2) is 6.61 Å². The number of rotatable bonds is 10. The first-order valence-corrected chi connectivity index (χ1v) is 9.25. The van der Waals surface area contributed by atoms with Crippen molar-refractivity contribution in [3.8, 4) is 5.75 Å². The third kappa shape index (κ3) is 6.52. The Balaban J connectivity index is 1.73. The second kappa shape index (κ2) is 10.6. The van der Waals surface area contributed by atoms with Gasteiger partial charge in [0.25, 0.3) is 5.91 Å². The Kier molecular flexibility index (Phi) is 8.16. The summed E-state index contributed by atoms with van der Waals surface area (Å²) in [5.74, 6) is 1.29. The van der Waals surface area contributed by atoms with Crippen molar-refractivity contribution in [2.45, 2.75) is 38.5 Å². The lowest BCUT2D eigenvalue weighted by molar-refractivity contribution is -0.123. The second-order valence-electron chi connectivity index (χ2n) is 6.77. The summed E-state index contributed by atoms with van der Waals surface area (Å²) in [6, 6.07) is 17.9. The van der Waals surface area contributed by atoms with Crippen molar-refractivity contribution in [2.75, 3.05) is 19.8 Å². The van der Waals surface area contributed by atoms with Crippen LogP contribution in [0.3, 0.4) is 0 Å². The zero-order chi connectivity index (χ0) is 18.8. The van der Waals surface area contributed by atoms with E-state index in [1.54, 1.807) is 0 Å². The van der Waals surface area contributed by atoms with Crippen LogP contribution < -0.4 is 10.1 Å². The lowest BCUT2D eigenvalue weighted by Gasteiger charge is -2.16. The average molecular weight is 355 g/mol. The summed E-state index contributed by atoms with van der Waals surface area (Å²) in [6.07, 6.45) is 1.48. The molecule has 0 aliphatic rings. The number of ether oxygens (including phenoxy) is 1. The van der Waals surface area contributed by atoms with Crippen LogP contribution in [0.25, 0.3) is 0 Å². The van der Waals surface area contributed by atoms with Crippen LogP contribution in [0, 0.1) is 0 Å². The number of aliphatic hydroxyl groups excluding tert-OH is 1. The zero-order valence-corrected chi connectivity index (χ0v) is 15.7. The highest BCUT2D eigenvalue weighted by atomic mass is 16.5. The fourth-order valence-corrected chi connectivity index (χ4v) is 2.89. The van der Waals surface area contributed by atoms with Gasteiger partial charge in [-0.3, -0.25) is 4.79 Å². The number of nitrogens with one attached hydrogen (secondary N) is 1. The maximum absolute atomic E-state index is 12.0. The Labute approximate surface area is 156 Å². The number of benzene rings is 2.